The van der Waals surface area contributed by atoms with Gasteiger partial charge in [0.15, 0.2) is 0 Å². The molecule has 0 unspecified atom stereocenters. The van der Waals surface area contributed by atoms with Gasteiger partial charge in [0, 0.05) is 32.3 Å². The zero-order valence-electron chi connectivity index (χ0n) is 15.0. The predicted molar refractivity (Wildman–Crippen MR) is 89.3 cm³/mol. The zero-order valence-corrected chi connectivity index (χ0v) is 15.0. The number of nitrogens with zero attached hydrogens (tertiary/aromatic N) is 2. The lowest BCUT2D eigenvalue weighted by Crippen LogP contribution is -2.49. The molecule has 3 heterocycles. The summed E-state index contributed by atoms with van der Waals surface area (Å²) >= 11 is 0. The quantitative estimate of drug-likeness (QED) is 0.689. The van der Waals surface area contributed by atoms with Crippen molar-refractivity contribution in [3.63, 3.8) is 0 Å². The Morgan fingerprint density at radius 2 is 1.71 bits per heavy atom. The molecule has 0 aromatic carbocycles. The van der Waals surface area contributed by atoms with Gasteiger partial charge in [0.2, 0.25) is 0 Å². The lowest BCUT2D eigenvalue weighted by Gasteiger charge is -2.47. The molecule has 0 bridgehead atoms. The summed E-state index contributed by atoms with van der Waals surface area (Å²) in [5.41, 5.74) is 0.909. The molecule has 0 aromatic heterocycles. The van der Waals surface area contributed by atoms with Crippen molar-refractivity contribution in [1.82, 2.24) is 9.80 Å². The largest absolute Gasteiger partial charge is 0.456 e. The molecule has 24 heavy (non-hydrogen) atoms. The van der Waals surface area contributed by atoms with Gasteiger partial charge in [-0.2, -0.15) is 0 Å². The van der Waals surface area contributed by atoms with E-state index in [9.17, 15) is 9.59 Å². The van der Waals surface area contributed by atoms with E-state index < -0.39 is 5.60 Å². The summed E-state index contributed by atoms with van der Waals surface area (Å²) in [7, 11) is 0. The van der Waals surface area contributed by atoms with Crippen LogP contribution in [0.5, 0.6) is 0 Å². The van der Waals surface area contributed by atoms with Crippen LogP contribution < -0.4 is 0 Å². The number of carbonyl (C=O) groups excluding carboxylic acids is 2. The number of likely N-dealkylation sites (tertiary alicyclic amines) is 2. The summed E-state index contributed by atoms with van der Waals surface area (Å²) in [6, 6.07) is 0. The molecule has 0 aromatic rings. The molecule has 134 valence electrons. The van der Waals surface area contributed by atoms with Crippen molar-refractivity contribution in [2.75, 3.05) is 32.8 Å². The molecule has 0 saturated carbocycles. The smallest absolute Gasteiger partial charge is 0.410 e. The van der Waals surface area contributed by atoms with Crippen LogP contribution in [0.25, 0.3) is 0 Å². The molecule has 6 heteroatoms. The first-order valence-corrected chi connectivity index (χ1v) is 8.87. The fourth-order valence-corrected chi connectivity index (χ4v) is 3.81. The van der Waals surface area contributed by atoms with E-state index in [-0.39, 0.29) is 12.1 Å². The van der Waals surface area contributed by atoms with Crippen LogP contribution >= 0.6 is 0 Å². The Morgan fingerprint density at radius 3 is 2.21 bits per heavy atom. The fourth-order valence-electron chi connectivity index (χ4n) is 3.81. The van der Waals surface area contributed by atoms with Crippen molar-refractivity contribution in [2.45, 2.75) is 52.1 Å². The first-order chi connectivity index (χ1) is 11.3. The second-order valence-electron chi connectivity index (χ2n) is 8.20. The van der Waals surface area contributed by atoms with Gasteiger partial charge in [-0.05, 0) is 51.9 Å². The highest BCUT2D eigenvalue weighted by molar-refractivity contribution is 5.85. The van der Waals surface area contributed by atoms with Gasteiger partial charge in [-0.15, -0.1) is 0 Å². The number of esters is 1. The van der Waals surface area contributed by atoms with Gasteiger partial charge in [-0.3, -0.25) is 0 Å². The number of hydrogen-bond donors (Lipinski definition) is 0. The predicted octanol–water partition coefficient (Wildman–Crippen LogP) is 2.54. The van der Waals surface area contributed by atoms with Crippen LogP contribution in [0.4, 0.5) is 4.79 Å². The van der Waals surface area contributed by atoms with Crippen LogP contribution in [-0.2, 0) is 14.3 Å². The van der Waals surface area contributed by atoms with Crippen molar-refractivity contribution < 1.29 is 19.1 Å². The Hall–Kier alpha value is -1.72. The molecule has 2 saturated heterocycles. The Kier molecular flexibility index (Phi) is 4.49. The molecule has 3 aliphatic rings. The third-order valence-electron chi connectivity index (χ3n) is 5.35. The van der Waals surface area contributed by atoms with Crippen molar-refractivity contribution in [3.05, 3.63) is 11.8 Å². The van der Waals surface area contributed by atoms with E-state index in [1.54, 1.807) is 6.08 Å². The number of cyclic esters (lactones) is 1. The molecule has 0 N–H and O–H groups in total. The van der Waals surface area contributed by atoms with E-state index in [1.807, 2.05) is 25.7 Å². The number of piperidine rings is 2. The lowest BCUT2D eigenvalue weighted by molar-refractivity contribution is -0.135. The monoisotopic (exact) mass is 336 g/mol. The van der Waals surface area contributed by atoms with Gasteiger partial charge in [0.05, 0.1) is 5.70 Å². The highest BCUT2D eigenvalue weighted by Gasteiger charge is 2.40. The lowest BCUT2D eigenvalue weighted by atomic mass is 9.71. The first-order valence-electron chi connectivity index (χ1n) is 8.87. The van der Waals surface area contributed by atoms with Crippen molar-refractivity contribution in [2.24, 2.45) is 5.41 Å². The molecule has 0 aliphatic carbocycles. The molecule has 2 fully saturated rings. The molecular formula is C18H28N2O4. The topological polar surface area (TPSA) is 59.1 Å². The van der Waals surface area contributed by atoms with E-state index in [0.29, 0.717) is 12.0 Å². The van der Waals surface area contributed by atoms with Crippen LogP contribution in [0.3, 0.4) is 0 Å². The first kappa shape index (κ1) is 17.1. The van der Waals surface area contributed by atoms with Crippen LogP contribution in [-0.4, -0.2) is 60.2 Å². The van der Waals surface area contributed by atoms with Crippen molar-refractivity contribution in [1.29, 1.82) is 0 Å². The number of carbonyl (C=O) groups is 2. The highest BCUT2D eigenvalue weighted by Crippen LogP contribution is 2.42. The molecular weight excluding hydrogens is 308 g/mol. The molecule has 3 rings (SSSR count). The molecule has 6 nitrogen and oxygen atoms in total. The Morgan fingerprint density at radius 1 is 1.12 bits per heavy atom. The van der Waals surface area contributed by atoms with Crippen LogP contribution in [0.15, 0.2) is 11.8 Å². The maximum atomic E-state index is 12.2. The molecule has 1 spiro atoms. The van der Waals surface area contributed by atoms with Gasteiger partial charge >= 0.3 is 12.1 Å². The summed E-state index contributed by atoms with van der Waals surface area (Å²) in [6.45, 7) is 9.61. The van der Waals surface area contributed by atoms with Crippen molar-refractivity contribution in [3.8, 4) is 0 Å². The summed E-state index contributed by atoms with van der Waals surface area (Å²) in [5, 5.41) is 0. The Balaban J connectivity index is 1.49. The third-order valence-corrected chi connectivity index (χ3v) is 5.35. The summed E-state index contributed by atoms with van der Waals surface area (Å²) in [5.74, 6) is -0.226. The van der Waals surface area contributed by atoms with Gasteiger partial charge in [-0.25, -0.2) is 9.59 Å². The number of rotatable bonds is 1. The SMILES string of the molecule is CC(C)(C)OC(=O)N1CCC2(CC1)CCN(C1=CC(=O)OC1)CC2. The highest BCUT2D eigenvalue weighted by atomic mass is 16.6. The normalized spacial score (nSPS) is 24.0. The van der Waals surface area contributed by atoms with Gasteiger partial charge in [0.1, 0.15) is 12.2 Å². The maximum Gasteiger partial charge on any atom is 0.410 e. The summed E-state index contributed by atoms with van der Waals surface area (Å²) in [6.07, 6.45) is 5.72. The van der Waals surface area contributed by atoms with Crippen LogP contribution in [0.2, 0.25) is 0 Å². The van der Waals surface area contributed by atoms with Crippen LogP contribution in [0, 0.1) is 5.41 Å². The average molecular weight is 336 g/mol. The number of amides is 1. The van der Waals surface area contributed by atoms with Gasteiger partial charge in [0.25, 0.3) is 0 Å². The second kappa shape index (κ2) is 6.30. The van der Waals surface area contributed by atoms with E-state index >= 15 is 0 Å². The van der Waals surface area contributed by atoms with Crippen molar-refractivity contribution >= 4 is 12.1 Å². The molecule has 0 atom stereocenters. The zero-order chi connectivity index (χ0) is 17.4. The minimum absolute atomic E-state index is 0.193. The third kappa shape index (κ3) is 3.84. The number of hydrogen-bond acceptors (Lipinski definition) is 5. The van der Waals surface area contributed by atoms with E-state index in [4.69, 9.17) is 9.47 Å². The minimum atomic E-state index is -0.438. The number of ether oxygens (including phenoxy) is 2. The van der Waals surface area contributed by atoms with E-state index in [0.717, 1.165) is 57.6 Å². The fraction of sp³-hybridized carbons (Fsp3) is 0.778. The summed E-state index contributed by atoms with van der Waals surface area (Å²) < 4.78 is 10.5. The average Bonchev–Trinajstić information content (AvgIpc) is 2.93. The van der Waals surface area contributed by atoms with E-state index in [2.05, 4.69) is 4.90 Å². The van der Waals surface area contributed by atoms with E-state index in [1.165, 1.54) is 0 Å². The Bertz CT molecular complexity index is 532. The van der Waals surface area contributed by atoms with Gasteiger partial charge < -0.3 is 19.3 Å². The maximum absolute atomic E-state index is 12.2. The molecule has 1 amide bonds. The molecule has 0 radical (unpaired) electrons. The molecule has 3 aliphatic heterocycles. The van der Waals surface area contributed by atoms with Crippen LogP contribution in [0.1, 0.15) is 46.5 Å². The van der Waals surface area contributed by atoms with Gasteiger partial charge in [-0.1, -0.05) is 0 Å². The Labute approximate surface area is 143 Å². The standard InChI is InChI=1S/C18H28N2O4/c1-17(2,3)24-16(22)20-10-6-18(7-11-20)4-8-19(9-5-18)14-12-15(21)23-13-14/h12H,4-11,13H2,1-3H3. The summed E-state index contributed by atoms with van der Waals surface area (Å²) in [4.78, 5) is 27.5. The minimum Gasteiger partial charge on any atom is -0.456 e. The second-order valence-corrected chi connectivity index (χ2v) is 8.20.